The zero-order chi connectivity index (χ0) is 17.2. The Morgan fingerprint density at radius 3 is 2.54 bits per heavy atom. The summed E-state index contributed by atoms with van der Waals surface area (Å²) in [7, 11) is -3.32. The molecule has 1 aromatic carbocycles. The number of carbonyl (C=O) groups excluding carboxylic acids is 1. The lowest BCUT2D eigenvalue weighted by molar-refractivity contribution is 0.102. The first-order valence-corrected chi connectivity index (χ1v) is 8.72. The third-order valence-electron chi connectivity index (χ3n) is 3.05. The van der Waals surface area contributed by atoms with E-state index in [1.807, 2.05) is 0 Å². The molecular formula is C14H13N3O6S. The van der Waals surface area contributed by atoms with Crippen LogP contribution in [-0.2, 0) is 19.3 Å². The number of carbonyl (C=O) groups is 1. The van der Waals surface area contributed by atoms with Crippen molar-refractivity contribution in [2.75, 3.05) is 24.8 Å². The van der Waals surface area contributed by atoms with E-state index in [0.29, 0.717) is 13.2 Å². The van der Waals surface area contributed by atoms with Crippen LogP contribution in [0.25, 0.3) is 5.76 Å². The molecule has 1 aliphatic rings. The second kappa shape index (κ2) is 6.32. The monoisotopic (exact) mass is 351 g/mol. The van der Waals surface area contributed by atoms with Gasteiger partial charge in [-0.2, -0.15) is 0 Å². The van der Waals surface area contributed by atoms with Crippen LogP contribution in [0.4, 0.5) is 6.01 Å². The minimum atomic E-state index is -3.32. The fourth-order valence-electron chi connectivity index (χ4n) is 1.88. The lowest BCUT2D eigenvalue weighted by atomic mass is 10.2. The lowest BCUT2D eigenvalue weighted by Gasteiger charge is -2.11. The SMILES string of the molecule is CS(=O)(=O)c1ccc(C(=O)Nc2nnc(C3=COCCO3)o2)cc1. The predicted octanol–water partition coefficient (Wildman–Crippen LogP) is 1.07. The molecule has 0 bridgehead atoms. The van der Waals surface area contributed by atoms with Crippen molar-refractivity contribution in [3.8, 4) is 0 Å². The Morgan fingerprint density at radius 2 is 1.92 bits per heavy atom. The first kappa shape index (κ1) is 16.0. The number of sulfone groups is 1. The molecule has 0 atom stereocenters. The number of benzene rings is 1. The molecule has 2 heterocycles. The van der Waals surface area contributed by atoms with E-state index in [0.717, 1.165) is 6.26 Å². The van der Waals surface area contributed by atoms with Crippen LogP contribution >= 0.6 is 0 Å². The summed E-state index contributed by atoms with van der Waals surface area (Å²) in [4.78, 5) is 12.2. The molecular weight excluding hydrogens is 338 g/mol. The highest BCUT2D eigenvalue weighted by Crippen LogP contribution is 2.19. The average molecular weight is 351 g/mol. The van der Waals surface area contributed by atoms with E-state index in [9.17, 15) is 13.2 Å². The van der Waals surface area contributed by atoms with Crippen molar-refractivity contribution in [2.24, 2.45) is 0 Å². The molecule has 0 radical (unpaired) electrons. The van der Waals surface area contributed by atoms with Gasteiger partial charge in [0.15, 0.2) is 9.84 Å². The zero-order valence-electron chi connectivity index (χ0n) is 12.6. The highest BCUT2D eigenvalue weighted by molar-refractivity contribution is 7.90. The Kier molecular flexibility index (Phi) is 4.21. The van der Waals surface area contributed by atoms with Crippen molar-refractivity contribution in [1.29, 1.82) is 0 Å². The molecule has 1 aliphatic heterocycles. The van der Waals surface area contributed by atoms with Crippen molar-refractivity contribution in [2.45, 2.75) is 4.90 Å². The topological polar surface area (TPSA) is 121 Å². The van der Waals surface area contributed by atoms with Crippen LogP contribution in [0.1, 0.15) is 16.2 Å². The first-order valence-electron chi connectivity index (χ1n) is 6.83. The van der Waals surface area contributed by atoms with Crippen molar-refractivity contribution in [1.82, 2.24) is 10.2 Å². The van der Waals surface area contributed by atoms with E-state index in [1.54, 1.807) is 0 Å². The minimum absolute atomic E-state index is 0.0809. The Bertz CT molecular complexity index is 885. The number of amides is 1. The van der Waals surface area contributed by atoms with Gasteiger partial charge in [-0.25, -0.2) is 8.42 Å². The maximum absolute atomic E-state index is 12.1. The molecule has 0 saturated heterocycles. The molecule has 9 nitrogen and oxygen atoms in total. The quantitative estimate of drug-likeness (QED) is 0.868. The summed E-state index contributed by atoms with van der Waals surface area (Å²) in [5.74, 6) is -0.149. The van der Waals surface area contributed by atoms with E-state index in [1.165, 1.54) is 30.5 Å². The molecule has 0 fully saturated rings. The Balaban J connectivity index is 1.71. The van der Waals surface area contributed by atoms with E-state index >= 15 is 0 Å². The standard InChI is InChI=1S/C14H13N3O6S/c1-24(19,20)10-4-2-9(3-5-10)12(18)15-14-17-16-13(23-14)11-8-21-6-7-22-11/h2-5,8H,6-7H2,1H3,(H,15,17,18). The summed E-state index contributed by atoms with van der Waals surface area (Å²) < 4.78 is 38.4. The molecule has 1 amide bonds. The Hall–Kier alpha value is -2.88. The van der Waals surface area contributed by atoms with Gasteiger partial charge in [-0.05, 0) is 24.3 Å². The maximum atomic E-state index is 12.1. The van der Waals surface area contributed by atoms with Gasteiger partial charge in [0.25, 0.3) is 11.8 Å². The van der Waals surface area contributed by atoms with E-state index in [2.05, 4.69) is 15.5 Å². The first-order chi connectivity index (χ1) is 11.4. The molecule has 0 unspecified atom stereocenters. The van der Waals surface area contributed by atoms with Crippen LogP contribution in [0, 0.1) is 0 Å². The van der Waals surface area contributed by atoms with Crippen LogP contribution in [0.5, 0.6) is 0 Å². The molecule has 1 aromatic heterocycles. The second-order valence-corrected chi connectivity index (χ2v) is 6.88. The van der Waals surface area contributed by atoms with Crippen LogP contribution in [-0.4, -0.2) is 44.0 Å². The lowest BCUT2D eigenvalue weighted by Crippen LogP contribution is -2.12. The number of hydrogen-bond acceptors (Lipinski definition) is 8. The van der Waals surface area contributed by atoms with Crippen LogP contribution < -0.4 is 5.32 Å². The van der Waals surface area contributed by atoms with Crippen molar-refractivity contribution >= 4 is 27.5 Å². The summed E-state index contributed by atoms with van der Waals surface area (Å²) in [5.41, 5.74) is 0.249. The smallest absolute Gasteiger partial charge is 0.322 e. The summed E-state index contributed by atoms with van der Waals surface area (Å²) in [6.45, 7) is 0.799. The third-order valence-corrected chi connectivity index (χ3v) is 4.18. The number of ether oxygens (including phenoxy) is 2. The number of anilines is 1. The number of nitrogens with one attached hydrogen (secondary N) is 1. The van der Waals surface area contributed by atoms with Gasteiger partial charge in [0.2, 0.25) is 5.76 Å². The van der Waals surface area contributed by atoms with Gasteiger partial charge in [0, 0.05) is 11.8 Å². The molecule has 3 rings (SSSR count). The van der Waals surface area contributed by atoms with Gasteiger partial charge in [-0.3, -0.25) is 10.1 Å². The van der Waals surface area contributed by atoms with Crippen molar-refractivity contribution in [3.05, 3.63) is 42.0 Å². The van der Waals surface area contributed by atoms with Gasteiger partial charge in [0.1, 0.15) is 19.5 Å². The van der Waals surface area contributed by atoms with Crippen molar-refractivity contribution in [3.63, 3.8) is 0 Å². The van der Waals surface area contributed by atoms with Crippen molar-refractivity contribution < 1.29 is 27.1 Å². The molecule has 0 saturated carbocycles. The molecule has 2 aromatic rings. The van der Waals surface area contributed by atoms with Gasteiger partial charge < -0.3 is 13.9 Å². The third kappa shape index (κ3) is 3.54. The fraction of sp³-hybridized carbons (Fsp3) is 0.214. The van der Waals surface area contributed by atoms with E-state index < -0.39 is 15.7 Å². The average Bonchev–Trinajstić information content (AvgIpc) is 3.03. The summed E-state index contributed by atoms with van der Waals surface area (Å²) in [5, 5.41) is 9.87. The van der Waals surface area contributed by atoms with Gasteiger partial charge in [-0.1, -0.05) is 5.10 Å². The largest absolute Gasteiger partial charge is 0.494 e. The highest BCUT2D eigenvalue weighted by atomic mass is 32.2. The van der Waals surface area contributed by atoms with Crippen LogP contribution in [0.3, 0.4) is 0 Å². The highest BCUT2D eigenvalue weighted by Gasteiger charge is 2.18. The molecule has 0 aliphatic carbocycles. The fourth-order valence-corrected chi connectivity index (χ4v) is 2.51. The number of aromatic nitrogens is 2. The summed E-state index contributed by atoms with van der Waals surface area (Å²) in [6.07, 6.45) is 2.44. The molecule has 10 heteroatoms. The minimum Gasteiger partial charge on any atom is -0.494 e. The van der Waals surface area contributed by atoms with Crippen LogP contribution in [0.15, 0.2) is 39.8 Å². The molecule has 0 spiro atoms. The van der Waals surface area contributed by atoms with Gasteiger partial charge in [0.05, 0.1) is 4.90 Å². The Morgan fingerprint density at radius 1 is 1.17 bits per heavy atom. The summed E-state index contributed by atoms with van der Waals surface area (Å²) in [6, 6.07) is 5.37. The maximum Gasteiger partial charge on any atom is 0.322 e. The summed E-state index contributed by atoms with van der Waals surface area (Å²) >= 11 is 0. The normalized spacial score (nSPS) is 14.3. The van der Waals surface area contributed by atoms with E-state index in [-0.39, 0.29) is 28.1 Å². The zero-order valence-corrected chi connectivity index (χ0v) is 13.4. The number of hydrogen-bond donors (Lipinski definition) is 1. The predicted molar refractivity (Wildman–Crippen MR) is 81.7 cm³/mol. The second-order valence-electron chi connectivity index (χ2n) is 4.86. The molecule has 24 heavy (non-hydrogen) atoms. The Labute approximate surface area is 137 Å². The van der Waals surface area contributed by atoms with Gasteiger partial charge in [-0.15, -0.1) is 5.10 Å². The van der Waals surface area contributed by atoms with E-state index in [4.69, 9.17) is 13.9 Å². The van der Waals surface area contributed by atoms with Gasteiger partial charge >= 0.3 is 6.01 Å². The van der Waals surface area contributed by atoms with Crippen LogP contribution in [0.2, 0.25) is 0 Å². The number of nitrogens with zero attached hydrogens (tertiary/aromatic N) is 2. The molecule has 126 valence electrons. The molecule has 1 N–H and O–H groups in total. The number of rotatable bonds is 4.